The van der Waals surface area contributed by atoms with E-state index in [0.717, 1.165) is 56.3 Å². The van der Waals surface area contributed by atoms with Crippen LogP contribution < -0.4 is 10.2 Å². The zero-order chi connectivity index (χ0) is 19.5. The Bertz CT molecular complexity index is 980. The zero-order valence-electron chi connectivity index (χ0n) is 15.8. The Morgan fingerprint density at radius 2 is 1.93 bits per heavy atom. The lowest BCUT2D eigenvalue weighted by atomic mass is 10.1. The summed E-state index contributed by atoms with van der Waals surface area (Å²) in [7, 11) is 0. The van der Waals surface area contributed by atoms with Gasteiger partial charge in [0.15, 0.2) is 10.8 Å². The monoisotopic (exact) mass is 431 g/mol. The molecule has 3 aromatic rings. The number of carbonyl (C=O) groups is 1. The van der Waals surface area contributed by atoms with Gasteiger partial charge in [0.2, 0.25) is 5.91 Å². The van der Waals surface area contributed by atoms with E-state index >= 15 is 0 Å². The van der Waals surface area contributed by atoms with Gasteiger partial charge in [-0.05, 0) is 37.1 Å². The highest BCUT2D eigenvalue weighted by atomic mass is 32.2. The van der Waals surface area contributed by atoms with Crippen molar-refractivity contribution in [1.29, 1.82) is 0 Å². The number of nitrogens with zero attached hydrogens (tertiary/aromatic N) is 4. The van der Waals surface area contributed by atoms with Crippen molar-refractivity contribution in [1.82, 2.24) is 15.0 Å². The van der Waals surface area contributed by atoms with Crippen molar-refractivity contribution in [3.05, 3.63) is 35.7 Å². The van der Waals surface area contributed by atoms with Gasteiger partial charge < -0.3 is 10.2 Å². The first-order valence-corrected chi connectivity index (χ1v) is 12.0. The van der Waals surface area contributed by atoms with Crippen LogP contribution in [0.25, 0.3) is 10.3 Å². The zero-order valence-corrected chi connectivity index (χ0v) is 18.2. The summed E-state index contributed by atoms with van der Waals surface area (Å²) in [5, 5.41) is 4.79. The first kappa shape index (κ1) is 19.5. The molecule has 0 radical (unpaired) electrons. The number of nitrogens with one attached hydrogen (secondary N) is 1. The summed E-state index contributed by atoms with van der Waals surface area (Å²) in [4.78, 5) is 28.1. The van der Waals surface area contributed by atoms with Gasteiger partial charge in [0.1, 0.15) is 16.1 Å². The highest BCUT2D eigenvalue weighted by Gasteiger charge is 2.18. The largest absolute Gasteiger partial charge is 0.346 e. The Hall–Kier alpha value is -1.84. The molecule has 0 spiro atoms. The predicted molar refractivity (Wildman–Crippen MR) is 120 cm³/mol. The van der Waals surface area contributed by atoms with Gasteiger partial charge in [0, 0.05) is 30.3 Å². The first-order chi connectivity index (χ1) is 13.6. The van der Waals surface area contributed by atoms with Gasteiger partial charge in [-0.2, -0.15) is 16.7 Å². The molecule has 1 amide bonds. The van der Waals surface area contributed by atoms with Crippen molar-refractivity contribution in [2.75, 3.05) is 40.6 Å². The second-order valence-electron chi connectivity index (χ2n) is 6.64. The number of thioether (sulfide) groups is 2. The molecular weight excluding hydrogens is 410 g/mol. The number of fused-ring (bicyclic) bond motifs is 1. The smallest absolute Gasteiger partial charge is 0.234 e. The third-order valence-electron chi connectivity index (χ3n) is 4.27. The Morgan fingerprint density at radius 3 is 2.68 bits per heavy atom. The normalized spacial score (nSPS) is 14.4. The maximum Gasteiger partial charge on any atom is 0.234 e. The van der Waals surface area contributed by atoms with E-state index in [1.807, 2.05) is 37.7 Å². The Morgan fingerprint density at radius 1 is 1.18 bits per heavy atom. The molecule has 3 heterocycles. The minimum absolute atomic E-state index is 0.0421. The molecule has 1 aliphatic heterocycles. The third-order valence-corrected chi connectivity index (χ3v) is 7.45. The molecule has 6 nitrogen and oxygen atoms in total. The number of hydrogen-bond acceptors (Lipinski definition) is 8. The molecular formula is C19H21N5OS3. The summed E-state index contributed by atoms with van der Waals surface area (Å²) in [6.07, 6.45) is 1.53. The van der Waals surface area contributed by atoms with E-state index < -0.39 is 0 Å². The number of anilines is 2. The van der Waals surface area contributed by atoms with Crippen molar-refractivity contribution < 1.29 is 4.79 Å². The fourth-order valence-corrected chi connectivity index (χ4v) is 5.94. The van der Waals surface area contributed by atoms with Gasteiger partial charge in [0.25, 0.3) is 0 Å². The van der Waals surface area contributed by atoms with Gasteiger partial charge in [-0.3, -0.25) is 4.79 Å². The van der Waals surface area contributed by atoms with Gasteiger partial charge >= 0.3 is 0 Å². The first-order valence-electron chi connectivity index (χ1n) is 9.04. The standard InChI is InChI=1S/C19H21N5OS3/c1-12-7-13(2)9-14(8-12)22-15(25)10-27-18-16-17(20-11-21-18)23-19(28-16)24-3-5-26-6-4-24/h7-9,11H,3-6,10H2,1-2H3,(H,22,25). The van der Waals surface area contributed by atoms with Crippen LogP contribution in [0.5, 0.6) is 0 Å². The number of hydrogen-bond donors (Lipinski definition) is 1. The van der Waals surface area contributed by atoms with Crippen molar-refractivity contribution >= 4 is 61.9 Å². The number of benzene rings is 1. The number of aryl methyl sites for hydroxylation is 2. The van der Waals surface area contributed by atoms with Crippen LogP contribution in [0.1, 0.15) is 11.1 Å². The summed E-state index contributed by atoms with van der Waals surface area (Å²) in [5.41, 5.74) is 3.81. The van der Waals surface area contributed by atoms with Gasteiger partial charge in [-0.25, -0.2) is 9.97 Å². The van der Waals surface area contributed by atoms with Crippen LogP contribution >= 0.6 is 34.9 Å². The van der Waals surface area contributed by atoms with Crippen LogP contribution in [0.15, 0.2) is 29.6 Å². The molecule has 1 fully saturated rings. The molecule has 0 atom stereocenters. The maximum absolute atomic E-state index is 12.4. The van der Waals surface area contributed by atoms with E-state index in [0.29, 0.717) is 11.4 Å². The highest BCUT2D eigenvalue weighted by Crippen LogP contribution is 2.34. The third kappa shape index (κ3) is 4.59. The van der Waals surface area contributed by atoms with Crippen molar-refractivity contribution in [2.45, 2.75) is 18.9 Å². The van der Waals surface area contributed by atoms with Gasteiger partial charge in [-0.1, -0.05) is 29.2 Å². The maximum atomic E-state index is 12.4. The van der Waals surface area contributed by atoms with Crippen LogP contribution in [0, 0.1) is 13.8 Å². The second-order valence-corrected chi connectivity index (χ2v) is 9.81. The molecule has 1 N–H and O–H groups in total. The van der Waals surface area contributed by atoms with Gasteiger partial charge in [0.05, 0.1) is 5.75 Å². The minimum Gasteiger partial charge on any atom is -0.346 e. The van der Waals surface area contributed by atoms with E-state index in [9.17, 15) is 4.79 Å². The second kappa shape index (κ2) is 8.67. The Kier molecular flexibility index (Phi) is 6.03. The molecule has 0 aliphatic carbocycles. The summed E-state index contributed by atoms with van der Waals surface area (Å²) in [6.45, 7) is 6.08. The quantitative estimate of drug-likeness (QED) is 0.484. The molecule has 28 heavy (non-hydrogen) atoms. The number of aromatic nitrogens is 3. The SMILES string of the molecule is Cc1cc(C)cc(NC(=O)CSc2ncnc3nc(N4CCSCC4)sc23)c1. The predicted octanol–water partition coefficient (Wildman–Crippen LogP) is 3.99. The average molecular weight is 432 g/mol. The lowest BCUT2D eigenvalue weighted by Gasteiger charge is -2.25. The molecule has 0 bridgehead atoms. The van der Waals surface area contributed by atoms with Gasteiger partial charge in [-0.15, -0.1) is 0 Å². The van der Waals surface area contributed by atoms with Crippen molar-refractivity contribution in [3.63, 3.8) is 0 Å². The molecule has 9 heteroatoms. The highest BCUT2D eigenvalue weighted by molar-refractivity contribution is 8.00. The van der Waals surface area contributed by atoms with Crippen LogP contribution in [-0.2, 0) is 4.79 Å². The topological polar surface area (TPSA) is 71.0 Å². The summed E-state index contributed by atoms with van der Waals surface area (Å²) >= 11 is 5.02. The van der Waals surface area contributed by atoms with E-state index in [2.05, 4.69) is 31.2 Å². The molecule has 1 aromatic carbocycles. The molecule has 2 aromatic heterocycles. The van der Waals surface area contributed by atoms with E-state index in [1.165, 1.54) is 18.1 Å². The lowest BCUT2D eigenvalue weighted by molar-refractivity contribution is -0.113. The molecule has 4 rings (SSSR count). The molecule has 1 aliphatic rings. The number of rotatable bonds is 5. The summed E-state index contributed by atoms with van der Waals surface area (Å²) in [5.74, 6) is 2.51. The molecule has 146 valence electrons. The van der Waals surface area contributed by atoms with E-state index in [4.69, 9.17) is 0 Å². The lowest BCUT2D eigenvalue weighted by Crippen LogP contribution is -2.32. The van der Waals surface area contributed by atoms with Crippen LogP contribution in [0.4, 0.5) is 10.8 Å². The fraction of sp³-hybridized carbons (Fsp3) is 0.368. The summed E-state index contributed by atoms with van der Waals surface area (Å²) in [6, 6.07) is 6.04. The van der Waals surface area contributed by atoms with Crippen LogP contribution in [0.3, 0.4) is 0 Å². The molecule has 0 unspecified atom stereocenters. The van der Waals surface area contributed by atoms with Crippen LogP contribution in [-0.4, -0.2) is 51.2 Å². The Labute approximate surface area is 176 Å². The molecule has 1 saturated heterocycles. The average Bonchev–Trinajstić information content (AvgIpc) is 3.11. The summed E-state index contributed by atoms with van der Waals surface area (Å²) < 4.78 is 0.958. The van der Waals surface area contributed by atoms with E-state index in [-0.39, 0.29) is 5.91 Å². The van der Waals surface area contributed by atoms with Crippen molar-refractivity contribution in [2.24, 2.45) is 0 Å². The fourth-order valence-electron chi connectivity index (χ4n) is 3.09. The minimum atomic E-state index is -0.0421. The van der Waals surface area contributed by atoms with E-state index in [1.54, 1.807) is 11.3 Å². The van der Waals surface area contributed by atoms with Crippen molar-refractivity contribution in [3.8, 4) is 0 Å². The Balaban J connectivity index is 1.45. The number of thiazole rings is 1. The number of amides is 1. The number of carbonyl (C=O) groups excluding carboxylic acids is 1. The molecule has 0 saturated carbocycles. The van der Waals surface area contributed by atoms with Crippen LogP contribution in [0.2, 0.25) is 0 Å².